The number of nitrogens with two attached hydrogens (primary N) is 1. The zero-order valence-corrected chi connectivity index (χ0v) is 13.7. The second kappa shape index (κ2) is 9.35. The molecule has 0 atom stereocenters. The van der Waals surface area contributed by atoms with Gasteiger partial charge in [-0.3, -0.25) is 5.41 Å². The third kappa shape index (κ3) is 7.36. The Bertz CT molecular complexity index is 524. The second-order valence-electron chi connectivity index (χ2n) is 5.44. The summed E-state index contributed by atoms with van der Waals surface area (Å²) in [6.07, 6.45) is 6.47. The summed E-state index contributed by atoms with van der Waals surface area (Å²) in [4.78, 5) is 0.404. The van der Waals surface area contributed by atoms with E-state index in [2.05, 4.69) is 17.9 Å². The van der Waals surface area contributed by atoms with Gasteiger partial charge in [-0.15, -0.1) is 12.6 Å². The number of allylic oxidation sites excluding steroid dienone is 1. The molecule has 2 rings (SSSR count). The van der Waals surface area contributed by atoms with E-state index < -0.39 is 0 Å². The lowest BCUT2D eigenvalue weighted by Gasteiger charge is -2.11. The van der Waals surface area contributed by atoms with E-state index in [0.29, 0.717) is 4.90 Å². The van der Waals surface area contributed by atoms with Crippen LogP contribution in [0.4, 0.5) is 10.1 Å². The third-order valence-corrected chi connectivity index (χ3v) is 3.74. The van der Waals surface area contributed by atoms with Gasteiger partial charge in [-0.25, -0.2) is 4.39 Å². The summed E-state index contributed by atoms with van der Waals surface area (Å²) in [6.45, 7) is 2.42. The Labute approximate surface area is 136 Å². The van der Waals surface area contributed by atoms with E-state index in [9.17, 15) is 4.39 Å². The van der Waals surface area contributed by atoms with Crippen molar-refractivity contribution in [3.05, 3.63) is 35.9 Å². The highest BCUT2D eigenvalue weighted by molar-refractivity contribution is 7.80. The molecule has 4 nitrogen and oxygen atoms in total. The van der Waals surface area contributed by atoms with Crippen molar-refractivity contribution < 1.29 is 9.50 Å². The Morgan fingerprint density at radius 2 is 2.14 bits per heavy atom. The molecule has 1 fully saturated rings. The molecular formula is C16H24FN3OS. The number of nitrogens with one attached hydrogen (secondary N) is 2. The van der Waals surface area contributed by atoms with Crippen molar-refractivity contribution in [3.8, 4) is 0 Å². The Morgan fingerprint density at radius 3 is 2.59 bits per heavy atom. The number of aliphatic hydroxyl groups is 1. The van der Waals surface area contributed by atoms with Crippen LogP contribution in [0.2, 0.25) is 0 Å². The number of halogens is 1. The number of hydrogen-bond acceptors (Lipinski definition) is 4. The first kappa shape index (κ1) is 18.4. The molecule has 0 aliphatic heterocycles. The molecule has 1 aliphatic rings. The molecule has 6 heteroatoms. The molecule has 1 aromatic rings. The predicted molar refractivity (Wildman–Crippen MR) is 92.4 cm³/mol. The molecule has 0 heterocycles. The minimum absolute atomic E-state index is 0.0625. The largest absolute Gasteiger partial charge is 0.512 e. The number of aliphatic hydroxyl groups excluding tert-OH is 1. The summed E-state index contributed by atoms with van der Waals surface area (Å²) >= 11 is 4.00. The molecule has 0 unspecified atom stereocenters. The van der Waals surface area contributed by atoms with Crippen molar-refractivity contribution in [3.63, 3.8) is 0 Å². The summed E-state index contributed by atoms with van der Waals surface area (Å²) < 4.78 is 13.2. The highest BCUT2D eigenvalue weighted by atomic mass is 32.1. The average Bonchev–Trinajstić information content (AvgIpc) is 2.92. The number of amidine groups is 1. The molecule has 0 radical (unpaired) electrons. The van der Waals surface area contributed by atoms with Gasteiger partial charge in [0.05, 0.1) is 5.76 Å². The van der Waals surface area contributed by atoms with E-state index in [1.54, 1.807) is 6.07 Å². The van der Waals surface area contributed by atoms with Crippen molar-refractivity contribution in [1.82, 2.24) is 0 Å². The SMILES string of the molecule is C/C(O)=C/C(=N)N.Fc1cc(NCC2CCCC2)ccc1S. The van der Waals surface area contributed by atoms with E-state index in [0.717, 1.165) is 18.2 Å². The molecule has 1 aromatic carbocycles. The van der Waals surface area contributed by atoms with Gasteiger partial charge < -0.3 is 16.2 Å². The van der Waals surface area contributed by atoms with Crippen molar-refractivity contribution in [2.45, 2.75) is 37.5 Å². The molecule has 22 heavy (non-hydrogen) atoms. The normalized spacial score (nSPS) is 15.1. The Kier molecular flexibility index (Phi) is 7.80. The van der Waals surface area contributed by atoms with Crippen LogP contribution >= 0.6 is 12.6 Å². The topological polar surface area (TPSA) is 82.1 Å². The fraction of sp³-hybridized carbons (Fsp3) is 0.438. The van der Waals surface area contributed by atoms with E-state index >= 15 is 0 Å². The van der Waals surface area contributed by atoms with Gasteiger partial charge >= 0.3 is 0 Å². The first-order valence-electron chi connectivity index (χ1n) is 7.32. The highest BCUT2D eigenvalue weighted by Crippen LogP contribution is 2.25. The van der Waals surface area contributed by atoms with Crippen LogP contribution in [0, 0.1) is 17.1 Å². The minimum atomic E-state index is -0.255. The van der Waals surface area contributed by atoms with Gasteiger partial charge in [-0.05, 0) is 43.9 Å². The van der Waals surface area contributed by atoms with Crippen LogP contribution in [0.5, 0.6) is 0 Å². The molecule has 1 aliphatic carbocycles. The minimum Gasteiger partial charge on any atom is -0.512 e. The van der Waals surface area contributed by atoms with Gasteiger partial charge in [-0.1, -0.05) is 12.8 Å². The smallest absolute Gasteiger partial charge is 0.138 e. The molecule has 5 N–H and O–H groups in total. The summed E-state index contributed by atoms with van der Waals surface area (Å²) in [6, 6.07) is 5.08. The summed E-state index contributed by atoms with van der Waals surface area (Å²) in [7, 11) is 0. The van der Waals surface area contributed by atoms with E-state index in [1.165, 1.54) is 44.7 Å². The number of benzene rings is 1. The lowest BCUT2D eigenvalue weighted by atomic mass is 10.1. The van der Waals surface area contributed by atoms with Crippen molar-refractivity contribution in [2.75, 3.05) is 11.9 Å². The molecule has 0 saturated heterocycles. The molecule has 0 spiro atoms. The van der Waals surface area contributed by atoms with Crippen LogP contribution in [0.25, 0.3) is 0 Å². The van der Waals surface area contributed by atoms with E-state index in [1.807, 2.05) is 6.07 Å². The average molecular weight is 325 g/mol. The zero-order valence-electron chi connectivity index (χ0n) is 12.8. The number of anilines is 1. The Balaban J connectivity index is 0.000000295. The molecule has 0 amide bonds. The quantitative estimate of drug-likeness (QED) is 0.250. The lowest BCUT2D eigenvalue weighted by molar-refractivity contribution is 0.415. The van der Waals surface area contributed by atoms with Gasteiger partial charge in [0.15, 0.2) is 0 Å². The number of thiol groups is 1. The molecular weight excluding hydrogens is 301 g/mol. The molecule has 122 valence electrons. The van der Waals surface area contributed by atoms with Gasteiger partial charge in [0.2, 0.25) is 0 Å². The summed E-state index contributed by atoms with van der Waals surface area (Å²) in [5, 5.41) is 18.2. The van der Waals surface area contributed by atoms with Crippen LogP contribution in [-0.4, -0.2) is 17.5 Å². The maximum Gasteiger partial charge on any atom is 0.138 e. The van der Waals surface area contributed by atoms with E-state index in [-0.39, 0.29) is 17.4 Å². The predicted octanol–water partition coefficient (Wildman–Crippen LogP) is 4.10. The van der Waals surface area contributed by atoms with Crippen LogP contribution < -0.4 is 11.1 Å². The van der Waals surface area contributed by atoms with Crippen LogP contribution in [0.15, 0.2) is 34.9 Å². The van der Waals surface area contributed by atoms with Crippen molar-refractivity contribution in [1.29, 1.82) is 5.41 Å². The molecule has 1 saturated carbocycles. The zero-order chi connectivity index (χ0) is 16.5. The lowest BCUT2D eigenvalue weighted by Crippen LogP contribution is -2.10. The Morgan fingerprint density at radius 1 is 1.50 bits per heavy atom. The number of rotatable bonds is 4. The van der Waals surface area contributed by atoms with Gasteiger partial charge in [0.1, 0.15) is 11.7 Å². The monoisotopic (exact) mass is 325 g/mol. The molecule has 0 bridgehead atoms. The standard InChI is InChI=1S/C12H16FNS.C4H8N2O/c13-11-7-10(5-6-12(11)15)14-8-9-3-1-2-4-9;1-3(7)2-4(5)6/h5-7,9,14-15H,1-4,8H2;2,7H,1H3,(H3,5,6)/b;3-2-. The van der Waals surface area contributed by atoms with Crippen LogP contribution in [0.3, 0.4) is 0 Å². The summed E-state index contributed by atoms with van der Waals surface area (Å²) in [5.74, 6) is 0.450. The van der Waals surface area contributed by atoms with Crippen molar-refractivity contribution >= 4 is 24.2 Å². The third-order valence-electron chi connectivity index (χ3n) is 3.38. The van der Waals surface area contributed by atoms with Gasteiger partial charge in [0.25, 0.3) is 0 Å². The first-order valence-corrected chi connectivity index (χ1v) is 7.77. The summed E-state index contributed by atoms with van der Waals surface area (Å²) in [5.41, 5.74) is 5.70. The van der Waals surface area contributed by atoms with Gasteiger partial charge in [-0.2, -0.15) is 0 Å². The Hall–Kier alpha value is -1.69. The second-order valence-corrected chi connectivity index (χ2v) is 5.92. The fourth-order valence-electron chi connectivity index (χ4n) is 2.32. The molecule has 0 aromatic heterocycles. The van der Waals surface area contributed by atoms with Crippen molar-refractivity contribution in [2.24, 2.45) is 11.7 Å². The maximum atomic E-state index is 13.2. The maximum absolute atomic E-state index is 13.2. The first-order chi connectivity index (χ1) is 10.4. The van der Waals surface area contributed by atoms with E-state index in [4.69, 9.17) is 16.2 Å². The fourth-order valence-corrected chi connectivity index (χ4v) is 2.46. The van der Waals surface area contributed by atoms with Gasteiger partial charge in [0, 0.05) is 23.2 Å². The van der Waals surface area contributed by atoms with Crippen LogP contribution in [0.1, 0.15) is 32.6 Å². The van der Waals surface area contributed by atoms with Crippen LogP contribution in [-0.2, 0) is 0 Å². The highest BCUT2D eigenvalue weighted by Gasteiger charge is 2.14. The number of hydrogen-bond donors (Lipinski definition) is 5.